The molecule has 1 aromatic rings. The monoisotopic (exact) mass is 129 g/mol. The lowest BCUT2D eigenvalue weighted by atomic mass is 10.6. The molecule has 0 radical (unpaired) electrons. The van der Waals surface area contributed by atoms with Crippen molar-refractivity contribution in [1.29, 1.82) is 0 Å². The molecule has 1 rings (SSSR count). The molecule has 0 atom stereocenters. The fraction of sp³-hybridized carbons (Fsp3) is 0.400. The highest BCUT2D eigenvalue weighted by atomic mass is 32.2. The van der Waals surface area contributed by atoms with Gasteiger partial charge in [0.25, 0.3) is 5.22 Å². The van der Waals surface area contributed by atoms with Crippen molar-refractivity contribution in [1.82, 2.24) is 4.98 Å². The number of oxazole rings is 1. The molecular weight excluding hydrogens is 122 g/mol. The molecule has 0 N–H and O–H groups in total. The molecule has 0 fully saturated rings. The second-order valence-electron chi connectivity index (χ2n) is 1.46. The molecule has 8 heavy (non-hydrogen) atoms. The summed E-state index contributed by atoms with van der Waals surface area (Å²) in [6.07, 6.45) is 3.58. The number of rotatable bonds is 1. The van der Waals surface area contributed by atoms with E-state index in [2.05, 4.69) is 4.98 Å². The summed E-state index contributed by atoms with van der Waals surface area (Å²) in [5, 5.41) is 0.738. The maximum Gasteiger partial charge on any atom is 0.255 e. The number of thioether (sulfide) groups is 1. The summed E-state index contributed by atoms with van der Waals surface area (Å²) < 4.78 is 4.97. The summed E-state index contributed by atoms with van der Waals surface area (Å²) in [5.74, 6) is 0. The molecule has 0 unspecified atom stereocenters. The highest BCUT2D eigenvalue weighted by Crippen LogP contribution is 2.11. The molecule has 0 amide bonds. The zero-order chi connectivity index (χ0) is 5.98. The predicted octanol–water partition coefficient (Wildman–Crippen LogP) is 1.70. The van der Waals surface area contributed by atoms with Crippen LogP contribution in [0, 0.1) is 6.92 Å². The summed E-state index contributed by atoms with van der Waals surface area (Å²) in [4.78, 5) is 4.03. The standard InChI is InChI=1S/C5H7NOS/c1-4-3-7-5(6-4)8-2/h3H,1-2H3. The van der Waals surface area contributed by atoms with Crippen LogP contribution in [0.5, 0.6) is 0 Å². The van der Waals surface area contributed by atoms with Crippen molar-refractivity contribution in [3.63, 3.8) is 0 Å². The van der Waals surface area contributed by atoms with Crippen molar-refractivity contribution >= 4 is 11.8 Å². The summed E-state index contributed by atoms with van der Waals surface area (Å²) in [7, 11) is 0. The van der Waals surface area contributed by atoms with Gasteiger partial charge in [-0.3, -0.25) is 0 Å². The Bertz CT molecular complexity index is 173. The van der Waals surface area contributed by atoms with Gasteiger partial charge in [0, 0.05) is 0 Å². The minimum absolute atomic E-state index is 0.738. The van der Waals surface area contributed by atoms with E-state index in [4.69, 9.17) is 4.42 Å². The Morgan fingerprint density at radius 2 is 2.50 bits per heavy atom. The number of nitrogens with zero attached hydrogens (tertiary/aromatic N) is 1. The molecule has 0 aliphatic carbocycles. The number of hydrogen-bond donors (Lipinski definition) is 0. The molecule has 0 saturated carbocycles. The lowest BCUT2D eigenvalue weighted by molar-refractivity contribution is 0.454. The van der Waals surface area contributed by atoms with Crippen LogP contribution in [0.2, 0.25) is 0 Å². The predicted molar refractivity (Wildman–Crippen MR) is 33.0 cm³/mol. The van der Waals surface area contributed by atoms with Crippen LogP contribution in [-0.2, 0) is 0 Å². The Morgan fingerprint density at radius 1 is 1.75 bits per heavy atom. The molecule has 2 nitrogen and oxygen atoms in total. The van der Waals surface area contributed by atoms with E-state index in [9.17, 15) is 0 Å². The fourth-order valence-corrected chi connectivity index (χ4v) is 0.806. The van der Waals surface area contributed by atoms with Crippen LogP contribution in [0.15, 0.2) is 15.9 Å². The topological polar surface area (TPSA) is 26.0 Å². The van der Waals surface area contributed by atoms with E-state index in [1.54, 1.807) is 6.26 Å². The highest BCUT2D eigenvalue weighted by molar-refractivity contribution is 7.98. The molecule has 3 heteroatoms. The van der Waals surface area contributed by atoms with Gasteiger partial charge in [0.1, 0.15) is 6.26 Å². The van der Waals surface area contributed by atoms with Gasteiger partial charge in [-0.05, 0) is 13.2 Å². The second-order valence-corrected chi connectivity index (χ2v) is 2.22. The SMILES string of the molecule is CSc1nc(C)co1. The number of aromatic nitrogens is 1. The van der Waals surface area contributed by atoms with Crippen molar-refractivity contribution in [2.24, 2.45) is 0 Å². The first kappa shape index (κ1) is 5.69. The van der Waals surface area contributed by atoms with Crippen LogP contribution in [0.25, 0.3) is 0 Å². The lowest BCUT2D eigenvalue weighted by Gasteiger charge is -1.77. The average Bonchev–Trinajstić information content (AvgIpc) is 2.14. The van der Waals surface area contributed by atoms with E-state index in [1.165, 1.54) is 11.8 Å². The van der Waals surface area contributed by atoms with Gasteiger partial charge >= 0.3 is 0 Å². The first-order chi connectivity index (χ1) is 3.83. The maximum atomic E-state index is 4.97. The van der Waals surface area contributed by atoms with Crippen molar-refractivity contribution in [2.45, 2.75) is 12.1 Å². The Hall–Kier alpha value is -0.440. The Labute approximate surface area is 52.3 Å². The van der Waals surface area contributed by atoms with Crippen LogP contribution in [0.1, 0.15) is 5.69 Å². The molecule has 1 heterocycles. The third-order valence-electron chi connectivity index (χ3n) is 0.773. The first-order valence-electron chi connectivity index (χ1n) is 2.29. The minimum atomic E-state index is 0.738. The summed E-state index contributed by atoms with van der Waals surface area (Å²) >= 11 is 1.51. The zero-order valence-electron chi connectivity index (χ0n) is 4.84. The molecule has 0 spiro atoms. The smallest absolute Gasteiger partial charge is 0.255 e. The van der Waals surface area contributed by atoms with Gasteiger partial charge in [0.05, 0.1) is 5.69 Å². The zero-order valence-corrected chi connectivity index (χ0v) is 5.66. The number of hydrogen-bond acceptors (Lipinski definition) is 3. The van der Waals surface area contributed by atoms with Gasteiger partial charge in [-0.15, -0.1) is 0 Å². The van der Waals surface area contributed by atoms with E-state index >= 15 is 0 Å². The summed E-state index contributed by atoms with van der Waals surface area (Å²) in [5.41, 5.74) is 0.939. The highest BCUT2D eigenvalue weighted by Gasteiger charge is 1.93. The first-order valence-corrected chi connectivity index (χ1v) is 3.51. The van der Waals surface area contributed by atoms with Gasteiger partial charge in [0.15, 0.2) is 0 Å². The van der Waals surface area contributed by atoms with Crippen LogP contribution >= 0.6 is 11.8 Å². The van der Waals surface area contributed by atoms with E-state index in [0.29, 0.717) is 0 Å². The van der Waals surface area contributed by atoms with Crippen molar-refractivity contribution in [3.8, 4) is 0 Å². The molecule has 0 saturated heterocycles. The van der Waals surface area contributed by atoms with Crippen LogP contribution in [-0.4, -0.2) is 11.2 Å². The van der Waals surface area contributed by atoms with Crippen LogP contribution < -0.4 is 0 Å². The average molecular weight is 129 g/mol. The maximum absolute atomic E-state index is 4.97. The Kier molecular flexibility index (Phi) is 1.58. The van der Waals surface area contributed by atoms with Gasteiger partial charge in [-0.1, -0.05) is 11.8 Å². The van der Waals surface area contributed by atoms with E-state index in [0.717, 1.165) is 10.9 Å². The Balaban J connectivity index is 2.84. The Morgan fingerprint density at radius 3 is 2.75 bits per heavy atom. The lowest BCUT2D eigenvalue weighted by Crippen LogP contribution is -1.67. The van der Waals surface area contributed by atoms with E-state index < -0.39 is 0 Å². The van der Waals surface area contributed by atoms with Gasteiger partial charge in [-0.2, -0.15) is 0 Å². The molecule has 0 aromatic carbocycles. The van der Waals surface area contributed by atoms with Gasteiger partial charge in [-0.25, -0.2) is 4.98 Å². The second kappa shape index (κ2) is 2.22. The number of aryl methyl sites for hydroxylation is 1. The normalized spacial score (nSPS) is 9.75. The minimum Gasteiger partial charge on any atom is -0.440 e. The molecule has 0 aliphatic heterocycles. The molecule has 44 valence electrons. The van der Waals surface area contributed by atoms with Crippen molar-refractivity contribution in [3.05, 3.63) is 12.0 Å². The van der Waals surface area contributed by atoms with Crippen molar-refractivity contribution < 1.29 is 4.42 Å². The van der Waals surface area contributed by atoms with Crippen LogP contribution in [0.4, 0.5) is 0 Å². The third kappa shape index (κ3) is 1.04. The molecular formula is C5H7NOS. The summed E-state index contributed by atoms with van der Waals surface area (Å²) in [6.45, 7) is 1.91. The van der Waals surface area contributed by atoms with Crippen LogP contribution in [0.3, 0.4) is 0 Å². The third-order valence-corrected chi connectivity index (χ3v) is 1.31. The van der Waals surface area contributed by atoms with E-state index in [-0.39, 0.29) is 0 Å². The summed E-state index contributed by atoms with van der Waals surface area (Å²) in [6, 6.07) is 0. The fourth-order valence-electron chi connectivity index (χ4n) is 0.426. The quantitative estimate of drug-likeness (QED) is 0.540. The molecule has 1 aromatic heterocycles. The van der Waals surface area contributed by atoms with E-state index in [1.807, 2.05) is 13.2 Å². The largest absolute Gasteiger partial charge is 0.440 e. The molecule has 0 aliphatic rings. The van der Waals surface area contributed by atoms with Gasteiger partial charge < -0.3 is 4.42 Å². The molecule has 0 bridgehead atoms. The van der Waals surface area contributed by atoms with Gasteiger partial charge in [0.2, 0.25) is 0 Å². The van der Waals surface area contributed by atoms with Crippen molar-refractivity contribution in [2.75, 3.05) is 6.26 Å².